The molecule has 2 N–H and O–H groups in total. The second kappa shape index (κ2) is 6.87. The van der Waals surface area contributed by atoms with Gasteiger partial charge in [-0.2, -0.15) is 0 Å². The van der Waals surface area contributed by atoms with E-state index in [0.717, 1.165) is 39.0 Å². The summed E-state index contributed by atoms with van der Waals surface area (Å²) in [6.45, 7) is 10.5. The lowest BCUT2D eigenvalue weighted by Gasteiger charge is -2.39. The third-order valence-electron chi connectivity index (χ3n) is 4.45. The normalized spacial score (nSPS) is 24.4. The highest BCUT2D eigenvalue weighted by molar-refractivity contribution is 5.82. The van der Waals surface area contributed by atoms with Crippen molar-refractivity contribution in [2.45, 2.75) is 38.6 Å². The molecule has 1 unspecified atom stereocenters. The number of esters is 1. The van der Waals surface area contributed by atoms with Crippen LogP contribution < -0.4 is 5.73 Å². The van der Waals surface area contributed by atoms with Crippen molar-refractivity contribution in [3.05, 3.63) is 0 Å². The smallest absolute Gasteiger partial charge is 0.327 e. The average Bonchev–Trinajstić information content (AvgIpc) is 3.26. The summed E-state index contributed by atoms with van der Waals surface area (Å²) in [7, 11) is 0. The largest absolute Gasteiger partial charge is 0.465 e. The molecule has 1 saturated heterocycles. The van der Waals surface area contributed by atoms with Gasteiger partial charge in [-0.25, -0.2) is 4.79 Å². The van der Waals surface area contributed by atoms with Crippen molar-refractivity contribution in [2.75, 3.05) is 45.9 Å². The molecule has 1 aliphatic heterocycles. The molecule has 0 bridgehead atoms. The second-order valence-corrected chi connectivity index (χ2v) is 6.15. The van der Waals surface area contributed by atoms with Gasteiger partial charge in [-0.05, 0) is 38.6 Å². The maximum Gasteiger partial charge on any atom is 0.327 e. The van der Waals surface area contributed by atoms with Gasteiger partial charge < -0.3 is 15.4 Å². The molecule has 20 heavy (non-hydrogen) atoms. The topological polar surface area (TPSA) is 58.8 Å². The SMILES string of the molecule is CCCN1CCN(CC(N)(C(=O)OCC)C2CC2)CC1. The molecule has 0 aromatic heterocycles. The van der Waals surface area contributed by atoms with E-state index < -0.39 is 5.54 Å². The van der Waals surface area contributed by atoms with Crippen LogP contribution >= 0.6 is 0 Å². The predicted molar refractivity (Wildman–Crippen MR) is 79.4 cm³/mol. The van der Waals surface area contributed by atoms with Gasteiger partial charge in [0.1, 0.15) is 5.54 Å². The molecule has 0 aromatic carbocycles. The van der Waals surface area contributed by atoms with Crippen molar-refractivity contribution < 1.29 is 9.53 Å². The second-order valence-electron chi connectivity index (χ2n) is 6.15. The van der Waals surface area contributed by atoms with E-state index in [1.165, 1.54) is 13.0 Å². The van der Waals surface area contributed by atoms with Crippen molar-refractivity contribution in [2.24, 2.45) is 11.7 Å². The minimum Gasteiger partial charge on any atom is -0.465 e. The van der Waals surface area contributed by atoms with Gasteiger partial charge in [0.25, 0.3) is 0 Å². The minimum atomic E-state index is -0.789. The summed E-state index contributed by atoms with van der Waals surface area (Å²) in [5.74, 6) is 0.105. The summed E-state index contributed by atoms with van der Waals surface area (Å²) in [6, 6.07) is 0. The maximum absolute atomic E-state index is 12.2. The summed E-state index contributed by atoms with van der Waals surface area (Å²) < 4.78 is 5.21. The fraction of sp³-hybridized carbons (Fsp3) is 0.933. The third kappa shape index (κ3) is 3.71. The van der Waals surface area contributed by atoms with Gasteiger partial charge in [-0.3, -0.25) is 4.90 Å². The first-order chi connectivity index (χ1) is 9.60. The highest BCUT2D eigenvalue weighted by Crippen LogP contribution is 2.39. The van der Waals surface area contributed by atoms with Crippen molar-refractivity contribution in [3.8, 4) is 0 Å². The molecule has 116 valence electrons. The monoisotopic (exact) mass is 283 g/mol. The van der Waals surface area contributed by atoms with Crippen LogP contribution in [0, 0.1) is 5.92 Å². The van der Waals surface area contributed by atoms with Gasteiger partial charge >= 0.3 is 5.97 Å². The molecule has 1 aliphatic carbocycles. The average molecular weight is 283 g/mol. The summed E-state index contributed by atoms with van der Waals surface area (Å²) in [6.07, 6.45) is 3.32. The quantitative estimate of drug-likeness (QED) is 0.697. The molecule has 0 aromatic rings. The van der Waals surface area contributed by atoms with Crippen molar-refractivity contribution in [3.63, 3.8) is 0 Å². The standard InChI is InChI=1S/C15H29N3O2/c1-3-7-17-8-10-18(11-9-17)12-15(16,13-5-6-13)14(19)20-4-2/h13H,3-12,16H2,1-2H3. The molecule has 1 heterocycles. The number of carbonyl (C=O) groups excluding carboxylic acids is 1. The minimum absolute atomic E-state index is 0.210. The van der Waals surface area contributed by atoms with Crippen LogP contribution in [-0.4, -0.2) is 67.2 Å². The van der Waals surface area contributed by atoms with Crippen LogP contribution in [0.5, 0.6) is 0 Å². The maximum atomic E-state index is 12.2. The van der Waals surface area contributed by atoms with Gasteiger partial charge in [0, 0.05) is 32.7 Å². The van der Waals surface area contributed by atoms with E-state index in [-0.39, 0.29) is 5.97 Å². The molecule has 1 saturated carbocycles. The van der Waals surface area contributed by atoms with E-state index in [1.54, 1.807) is 0 Å². The lowest BCUT2D eigenvalue weighted by atomic mass is 9.93. The molecular formula is C15H29N3O2. The van der Waals surface area contributed by atoms with Crippen LogP contribution in [0.15, 0.2) is 0 Å². The van der Waals surface area contributed by atoms with E-state index in [2.05, 4.69) is 16.7 Å². The molecule has 2 fully saturated rings. The van der Waals surface area contributed by atoms with Crippen LogP contribution in [0.3, 0.4) is 0 Å². The Labute approximate surface area is 122 Å². The molecule has 0 spiro atoms. The van der Waals surface area contributed by atoms with Crippen LogP contribution in [-0.2, 0) is 9.53 Å². The third-order valence-corrected chi connectivity index (χ3v) is 4.45. The Morgan fingerprint density at radius 3 is 2.30 bits per heavy atom. The summed E-state index contributed by atoms with van der Waals surface area (Å²) in [5.41, 5.74) is 5.64. The van der Waals surface area contributed by atoms with E-state index in [0.29, 0.717) is 19.1 Å². The zero-order chi connectivity index (χ0) is 14.6. The van der Waals surface area contributed by atoms with Crippen LogP contribution in [0.25, 0.3) is 0 Å². The first-order valence-corrected chi connectivity index (χ1v) is 8.01. The fourth-order valence-corrected chi connectivity index (χ4v) is 3.08. The van der Waals surface area contributed by atoms with Gasteiger partial charge in [0.2, 0.25) is 0 Å². The number of piperazine rings is 1. The van der Waals surface area contributed by atoms with Crippen molar-refractivity contribution in [1.29, 1.82) is 0 Å². The molecule has 5 nitrogen and oxygen atoms in total. The van der Waals surface area contributed by atoms with Gasteiger partial charge in [-0.15, -0.1) is 0 Å². The zero-order valence-corrected chi connectivity index (χ0v) is 12.9. The molecule has 1 atom stereocenters. The molecule has 0 radical (unpaired) electrons. The van der Waals surface area contributed by atoms with E-state index in [1.807, 2.05) is 6.92 Å². The zero-order valence-electron chi connectivity index (χ0n) is 12.9. The molecule has 2 aliphatic rings. The number of carbonyl (C=O) groups is 1. The first kappa shape index (κ1) is 15.7. The Morgan fingerprint density at radius 1 is 1.20 bits per heavy atom. The number of hydrogen-bond acceptors (Lipinski definition) is 5. The van der Waals surface area contributed by atoms with E-state index in [4.69, 9.17) is 10.5 Å². The number of ether oxygens (including phenoxy) is 1. The van der Waals surface area contributed by atoms with Crippen LogP contribution in [0.1, 0.15) is 33.1 Å². The summed E-state index contributed by atoms with van der Waals surface area (Å²) >= 11 is 0. The van der Waals surface area contributed by atoms with Gasteiger partial charge in [0.05, 0.1) is 6.61 Å². The number of nitrogens with zero attached hydrogens (tertiary/aromatic N) is 2. The first-order valence-electron chi connectivity index (χ1n) is 8.01. The van der Waals surface area contributed by atoms with E-state index >= 15 is 0 Å². The summed E-state index contributed by atoms with van der Waals surface area (Å²) in [5, 5.41) is 0. The highest BCUT2D eigenvalue weighted by atomic mass is 16.5. The Morgan fingerprint density at radius 2 is 1.80 bits per heavy atom. The fourth-order valence-electron chi connectivity index (χ4n) is 3.08. The Hall–Kier alpha value is -0.650. The van der Waals surface area contributed by atoms with Gasteiger partial charge in [-0.1, -0.05) is 6.92 Å². The lowest BCUT2D eigenvalue weighted by Crippen LogP contribution is -2.61. The molecule has 0 amide bonds. The Bertz CT molecular complexity index is 325. The van der Waals surface area contributed by atoms with Crippen molar-refractivity contribution in [1.82, 2.24) is 9.80 Å². The molecule has 2 rings (SSSR count). The highest BCUT2D eigenvalue weighted by Gasteiger charge is 2.50. The van der Waals surface area contributed by atoms with Crippen molar-refractivity contribution >= 4 is 5.97 Å². The molecule has 5 heteroatoms. The summed E-state index contributed by atoms with van der Waals surface area (Å²) in [4.78, 5) is 17.0. The lowest BCUT2D eigenvalue weighted by molar-refractivity contribution is -0.151. The predicted octanol–water partition coefficient (Wildman–Crippen LogP) is 0.685. The van der Waals surface area contributed by atoms with Gasteiger partial charge in [0.15, 0.2) is 0 Å². The number of hydrogen-bond donors (Lipinski definition) is 1. The van der Waals surface area contributed by atoms with Crippen LogP contribution in [0.2, 0.25) is 0 Å². The number of rotatable bonds is 7. The Balaban J connectivity index is 1.88. The number of nitrogens with two attached hydrogens (primary N) is 1. The Kier molecular flexibility index (Phi) is 5.41. The molecular weight excluding hydrogens is 254 g/mol. The van der Waals surface area contributed by atoms with E-state index in [9.17, 15) is 4.79 Å². The van der Waals surface area contributed by atoms with Crippen LogP contribution in [0.4, 0.5) is 0 Å².